The molecule has 14 heavy (non-hydrogen) atoms. The lowest BCUT2D eigenvalue weighted by atomic mass is 10.0. The third-order valence-electron chi connectivity index (χ3n) is 2.45. The van der Waals surface area contributed by atoms with Gasteiger partial charge in [0, 0.05) is 0 Å². The molecule has 0 atom stereocenters. The van der Waals surface area contributed by atoms with Gasteiger partial charge >= 0.3 is 0 Å². The molecule has 1 fully saturated rings. The van der Waals surface area contributed by atoms with E-state index in [0.717, 1.165) is 0 Å². The highest BCUT2D eigenvalue weighted by Crippen LogP contribution is 2.15. The van der Waals surface area contributed by atoms with Crippen molar-refractivity contribution >= 4 is 0 Å². The predicted molar refractivity (Wildman–Crippen MR) is 66.5 cm³/mol. The van der Waals surface area contributed by atoms with Crippen LogP contribution in [0.25, 0.3) is 0 Å². The second kappa shape index (κ2) is 10.3. The molecule has 0 heteroatoms. The lowest BCUT2D eigenvalue weighted by molar-refractivity contribution is 0.504. The molecular formula is C14H24. The second-order valence-corrected chi connectivity index (χ2v) is 3.75. The van der Waals surface area contributed by atoms with E-state index >= 15 is 0 Å². The maximum Gasteiger partial charge on any atom is -0.0401 e. The van der Waals surface area contributed by atoms with Gasteiger partial charge in [-0.15, -0.1) is 0 Å². The first kappa shape index (κ1) is 13.2. The molecule has 1 saturated carbocycles. The molecule has 0 aromatic heterocycles. The Morgan fingerprint density at radius 3 is 1.71 bits per heavy atom. The highest BCUT2D eigenvalue weighted by Gasteiger charge is 1.95. The fourth-order valence-electron chi connectivity index (χ4n) is 1.38. The fourth-order valence-corrected chi connectivity index (χ4v) is 1.38. The van der Waals surface area contributed by atoms with E-state index in [-0.39, 0.29) is 0 Å². The Labute approximate surface area is 89.4 Å². The molecule has 0 N–H and O–H groups in total. The summed E-state index contributed by atoms with van der Waals surface area (Å²) in [5.74, 6) is 0. The maximum atomic E-state index is 3.55. The summed E-state index contributed by atoms with van der Waals surface area (Å²) >= 11 is 0. The van der Waals surface area contributed by atoms with Crippen LogP contribution >= 0.6 is 0 Å². The van der Waals surface area contributed by atoms with Gasteiger partial charge in [0.1, 0.15) is 0 Å². The van der Waals surface area contributed by atoms with E-state index in [1.165, 1.54) is 44.1 Å². The highest BCUT2D eigenvalue weighted by atomic mass is 14.0. The van der Waals surface area contributed by atoms with E-state index in [2.05, 4.69) is 19.6 Å². The first-order valence-corrected chi connectivity index (χ1v) is 5.73. The molecule has 0 nitrogen and oxygen atoms in total. The Morgan fingerprint density at radius 1 is 1.00 bits per heavy atom. The van der Waals surface area contributed by atoms with E-state index in [1.807, 2.05) is 19.1 Å². The van der Waals surface area contributed by atoms with Crippen LogP contribution in [0.5, 0.6) is 0 Å². The lowest BCUT2D eigenvalue weighted by Gasteiger charge is -2.05. The monoisotopic (exact) mass is 192 g/mol. The van der Waals surface area contributed by atoms with Gasteiger partial charge in [-0.3, -0.25) is 0 Å². The predicted octanol–water partition coefficient (Wildman–Crippen LogP) is 5.04. The Balaban J connectivity index is 0.000000249. The van der Waals surface area contributed by atoms with Crippen LogP contribution in [0.4, 0.5) is 0 Å². The molecule has 0 aromatic rings. The van der Waals surface area contributed by atoms with E-state index in [9.17, 15) is 0 Å². The van der Waals surface area contributed by atoms with Gasteiger partial charge in [0.25, 0.3) is 0 Å². The van der Waals surface area contributed by atoms with Gasteiger partial charge in [0.15, 0.2) is 0 Å². The summed E-state index contributed by atoms with van der Waals surface area (Å²) in [6, 6.07) is 0. The summed E-state index contributed by atoms with van der Waals surface area (Å²) < 4.78 is 0. The molecule has 1 rings (SSSR count). The van der Waals surface area contributed by atoms with Crippen molar-refractivity contribution in [1.82, 2.24) is 0 Å². The van der Waals surface area contributed by atoms with Crippen molar-refractivity contribution in [2.24, 2.45) is 0 Å². The topological polar surface area (TPSA) is 0 Å². The summed E-state index contributed by atoms with van der Waals surface area (Å²) in [6.45, 7) is 7.63. The molecule has 0 saturated heterocycles. The SMILES string of the molecule is C1CCCCC1.C=C/C=C\C(C)=C\C. The molecule has 0 aliphatic heterocycles. The van der Waals surface area contributed by atoms with Gasteiger partial charge in [-0.05, 0) is 13.8 Å². The fraction of sp³-hybridized carbons (Fsp3) is 0.571. The first-order chi connectivity index (χ1) is 6.81. The van der Waals surface area contributed by atoms with Crippen molar-refractivity contribution in [3.8, 4) is 0 Å². The lowest BCUT2D eigenvalue weighted by Crippen LogP contribution is -1.85. The van der Waals surface area contributed by atoms with Crippen molar-refractivity contribution < 1.29 is 0 Å². The molecule has 0 radical (unpaired) electrons. The molecule has 0 amide bonds. The Hall–Kier alpha value is -0.780. The number of allylic oxidation sites excluding steroid dienone is 5. The van der Waals surface area contributed by atoms with Crippen molar-refractivity contribution in [1.29, 1.82) is 0 Å². The molecule has 1 aliphatic carbocycles. The summed E-state index contributed by atoms with van der Waals surface area (Å²) in [6.07, 6.45) is 16.8. The van der Waals surface area contributed by atoms with Gasteiger partial charge < -0.3 is 0 Å². The van der Waals surface area contributed by atoms with Crippen molar-refractivity contribution in [2.45, 2.75) is 52.4 Å². The molecule has 0 aromatic carbocycles. The maximum absolute atomic E-state index is 3.55. The first-order valence-electron chi connectivity index (χ1n) is 5.73. The smallest absolute Gasteiger partial charge is 0.0401 e. The van der Waals surface area contributed by atoms with Gasteiger partial charge in [0.05, 0.1) is 0 Å². The second-order valence-electron chi connectivity index (χ2n) is 3.75. The molecule has 1 aliphatic rings. The van der Waals surface area contributed by atoms with Crippen LogP contribution in [0.1, 0.15) is 52.4 Å². The quantitative estimate of drug-likeness (QED) is 0.538. The van der Waals surface area contributed by atoms with Crippen LogP contribution in [0.2, 0.25) is 0 Å². The average molecular weight is 192 g/mol. The Morgan fingerprint density at radius 2 is 1.43 bits per heavy atom. The minimum atomic E-state index is 1.27. The van der Waals surface area contributed by atoms with Crippen molar-refractivity contribution in [3.63, 3.8) is 0 Å². The largest absolute Gasteiger partial charge is 0.0991 e. The van der Waals surface area contributed by atoms with Crippen LogP contribution < -0.4 is 0 Å². The van der Waals surface area contributed by atoms with Crippen LogP contribution in [-0.2, 0) is 0 Å². The summed E-state index contributed by atoms with van der Waals surface area (Å²) in [5, 5.41) is 0. The molecule has 0 bridgehead atoms. The van der Waals surface area contributed by atoms with Crippen molar-refractivity contribution in [3.05, 3.63) is 36.5 Å². The van der Waals surface area contributed by atoms with E-state index < -0.39 is 0 Å². The third-order valence-corrected chi connectivity index (χ3v) is 2.45. The van der Waals surface area contributed by atoms with Gasteiger partial charge in [-0.25, -0.2) is 0 Å². The van der Waals surface area contributed by atoms with E-state index in [1.54, 1.807) is 6.08 Å². The normalized spacial score (nSPS) is 17.4. The summed E-state index contributed by atoms with van der Waals surface area (Å²) in [5.41, 5.74) is 1.27. The van der Waals surface area contributed by atoms with E-state index in [0.29, 0.717) is 0 Å². The zero-order valence-corrected chi connectivity index (χ0v) is 9.76. The van der Waals surface area contributed by atoms with Crippen molar-refractivity contribution in [2.75, 3.05) is 0 Å². The summed E-state index contributed by atoms with van der Waals surface area (Å²) in [4.78, 5) is 0. The molecule has 0 heterocycles. The average Bonchev–Trinajstić information content (AvgIpc) is 2.29. The molecular weight excluding hydrogens is 168 g/mol. The summed E-state index contributed by atoms with van der Waals surface area (Å²) in [7, 11) is 0. The zero-order valence-electron chi connectivity index (χ0n) is 9.76. The zero-order chi connectivity index (χ0) is 10.6. The standard InChI is InChI=1S/C8H12.C6H12/c1-4-6-7-8(3)5-2;1-2-4-6-5-3-1/h4-7H,1H2,2-3H3;1-6H2/b7-6-,8-5+;. The number of hydrogen-bond acceptors (Lipinski definition) is 0. The Kier molecular flexibility index (Phi) is 9.73. The van der Waals surface area contributed by atoms with Gasteiger partial charge in [-0.2, -0.15) is 0 Å². The van der Waals surface area contributed by atoms with Crippen LogP contribution in [0.15, 0.2) is 36.5 Å². The highest BCUT2D eigenvalue weighted by molar-refractivity contribution is 5.18. The molecule has 80 valence electrons. The van der Waals surface area contributed by atoms with Crippen LogP contribution in [0.3, 0.4) is 0 Å². The number of hydrogen-bond donors (Lipinski definition) is 0. The minimum absolute atomic E-state index is 1.27. The third kappa shape index (κ3) is 9.31. The van der Waals surface area contributed by atoms with Crippen LogP contribution in [0, 0.1) is 0 Å². The molecule has 0 unspecified atom stereocenters. The molecule has 0 spiro atoms. The van der Waals surface area contributed by atoms with Crippen LogP contribution in [-0.4, -0.2) is 0 Å². The number of rotatable bonds is 2. The Bertz CT molecular complexity index is 169. The van der Waals surface area contributed by atoms with Gasteiger partial charge in [0.2, 0.25) is 0 Å². The van der Waals surface area contributed by atoms with Gasteiger partial charge in [-0.1, -0.05) is 75.0 Å². The minimum Gasteiger partial charge on any atom is -0.0991 e. The van der Waals surface area contributed by atoms with E-state index in [4.69, 9.17) is 0 Å².